The second-order valence-corrected chi connectivity index (χ2v) is 6.20. The highest BCUT2D eigenvalue weighted by Gasteiger charge is 2.30. The average Bonchev–Trinajstić information content (AvgIpc) is 2.74. The minimum atomic E-state index is -4.31. The summed E-state index contributed by atoms with van der Waals surface area (Å²) in [4.78, 5) is 4.54. The topological polar surface area (TPSA) is 24.9 Å². The van der Waals surface area contributed by atoms with Gasteiger partial charge in [-0.05, 0) is 43.0 Å². The Morgan fingerprint density at radius 2 is 2.05 bits per heavy atom. The molecular weight excluding hydrogens is 309 g/mol. The summed E-state index contributed by atoms with van der Waals surface area (Å²) >= 11 is 1.55. The smallest absolute Gasteiger partial charge is 0.375 e. The number of thiazole rings is 1. The zero-order valence-electron chi connectivity index (χ0n) is 11.8. The summed E-state index contributed by atoms with van der Waals surface area (Å²) < 4.78 is 38.0. The summed E-state index contributed by atoms with van der Waals surface area (Å²) in [7, 11) is 0. The molecule has 1 aliphatic rings. The Bertz CT molecular complexity index is 665. The van der Waals surface area contributed by atoms with E-state index in [2.05, 4.69) is 10.3 Å². The second kappa shape index (κ2) is 6.12. The monoisotopic (exact) mass is 324 g/mol. The first-order valence-corrected chi connectivity index (χ1v) is 7.93. The molecule has 0 spiro atoms. The third-order valence-corrected chi connectivity index (χ3v) is 4.49. The number of aromatic nitrogens is 1. The first-order valence-electron chi connectivity index (χ1n) is 7.11. The van der Waals surface area contributed by atoms with E-state index in [1.54, 1.807) is 29.6 Å². The van der Waals surface area contributed by atoms with Crippen LogP contribution in [-0.2, 0) is 12.6 Å². The molecule has 0 saturated carbocycles. The molecule has 3 rings (SSSR count). The van der Waals surface area contributed by atoms with E-state index in [0.29, 0.717) is 5.56 Å². The first-order chi connectivity index (χ1) is 10.5. The van der Waals surface area contributed by atoms with E-state index in [-0.39, 0.29) is 0 Å². The van der Waals surface area contributed by atoms with Gasteiger partial charge in [0, 0.05) is 6.54 Å². The van der Waals surface area contributed by atoms with Crippen LogP contribution in [-0.4, -0.2) is 11.5 Å². The van der Waals surface area contributed by atoms with Gasteiger partial charge in [-0.25, -0.2) is 4.98 Å². The van der Waals surface area contributed by atoms with Gasteiger partial charge in [0.2, 0.25) is 0 Å². The number of nitrogens with one attached hydrogen (secondary N) is 1. The minimum Gasteiger partial charge on any atom is -0.375 e. The van der Waals surface area contributed by atoms with Crippen molar-refractivity contribution in [1.82, 2.24) is 4.98 Å². The maximum atomic E-state index is 12.7. The number of hydrogen-bond acceptors (Lipinski definition) is 3. The zero-order valence-corrected chi connectivity index (χ0v) is 12.6. The van der Waals surface area contributed by atoms with Crippen LogP contribution in [0.25, 0.3) is 12.2 Å². The standard InChI is InChI=1S/C16H15F3N2S/c17-16(18,19)12-5-3-4-11(10-12)7-8-14-21-13-6-1-2-9-20-15(13)22-14/h3-5,7-8,10,20H,1-2,6,9H2/b8-7+. The van der Waals surface area contributed by atoms with E-state index in [1.807, 2.05) is 0 Å². The summed E-state index contributed by atoms with van der Waals surface area (Å²) in [6.07, 6.45) is 2.34. The molecule has 6 heteroatoms. The molecule has 0 bridgehead atoms. The maximum absolute atomic E-state index is 12.7. The fourth-order valence-corrected chi connectivity index (χ4v) is 3.30. The van der Waals surface area contributed by atoms with Crippen molar-refractivity contribution in [3.05, 3.63) is 46.1 Å². The Labute approximate surface area is 130 Å². The molecule has 2 heterocycles. The predicted octanol–water partition coefficient (Wildman–Crippen LogP) is 5.08. The van der Waals surface area contributed by atoms with Crippen LogP contribution in [0.1, 0.15) is 34.7 Å². The molecule has 1 aromatic heterocycles. The van der Waals surface area contributed by atoms with Crippen LogP contribution in [0.15, 0.2) is 24.3 Å². The Kier molecular flexibility index (Phi) is 4.20. The summed E-state index contributed by atoms with van der Waals surface area (Å²) in [5.74, 6) is 0. The van der Waals surface area contributed by atoms with E-state index in [1.165, 1.54) is 6.07 Å². The first kappa shape index (κ1) is 15.1. The average molecular weight is 324 g/mol. The van der Waals surface area contributed by atoms with Crippen LogP contribution in [0.2, 0.25) is 0 Å². The Morgan fingerprint density at radius 3 is 2.86 bits per heavy atom. The van der Waals surface area contributed by atoms with E-state index >= 15 is 0 Å². The number of alkyl halides is 3. The van der Waals surface area contributed by atoms with Crippen LogP contribution >= 0.6 is 11.3 Å². The van der Waals surface area contributed by atoms with E-state index in [4.69, 9.17) is 0 Å². The molecule has 2 nitrogen and oxygen atoms in total. The molecule has 1 N–H and O–H groups in total. The number of rotatable bonds is 2. The van der Waals surface area contributed by atoms with Crippen molar-refractivity contribution in [3.63, 3.8) is 0 Å². The SMILES string of the molecule is FC(F)(F)c1cccc(/C=C/c2nc3c(s2)NCCCC3)c1. The third kappa shape index (κ3) is 3.50. The van der Waals surface area contributed by atoms with Gasteiger partial charge in [-0.3, -0.25) is 0 Å². The van der Waals surface area contributed by atoms with Crippen molar-refractivity contribution < 1.29 is 13.2 Å². The highest BCUT2D eigenvalue weighted by molar-refractivity contribution is 7.16. The van der Waals surface area contributed by atoms with Gasteiger partial charge in [0.25, 0.3) is 0 Å². The predicted molar refractivity (Wildman–Crippen MR) is 83.9 cm³/mol. The maximum Gasteiger partial charge on any atom is 0.416 e. The lowest BCUT2D eigenvalue weighted by molar-refractivity contribution is -0.137. The Morgan fingerprint density at radius 1 is 1.18 bits per heavy atom. The van der Waals surface area contributed by atoms with E-state index in [0.717, 1.165) is 53.6 Å². The van der Waals surface area contributed by atoms with Crippen molar-refractivity contribution in [2.75, 3.05) is 11.9 Å². The number of hydrogen-bond donors (Lipinski definition) is 1. The van der Waals surface area contributed by atoms with Crippen LogP contribution in [0.4, 0.5) is 18.2 Å². The van der Waals surface area contributed by atoms with E-state index in [9.17, 15) is 13.2 Å². The molecule has 1 aromatic carbocycles. The van der Waals surface area contributed by atoms with Crippen molar-refractivity contribution in [2.24, 2.45) is 0 Å². The van der Waals surface area contributed by atoms with Crippen molar-refractivity contribution in [2.45, 2.75) is 25.4 Å². The third-order valence-electron chi connectivity index (χ3n) is 3.47. The van der Waals surface area contributed by atoms with Crippen molar-refractivity contribution >= 4 is 28.5 Å². The van der Waals surface area contributed by atoms with Gasteiger partial charge in [0.1, 0.15) is 10.0 Å². The number of nitrogens with zero attached hydrogens (tertiary/aromatic N) is 1. The molecule has 2 aromatic rings. The lowest BCUT2D eigenvalue weighted by Crippen LogP contribution is -2.04. The molecule has 0 fully saturated rings. The normalized spacial score (nSPS) is 15.4. The van der Waals surface area contributed by atoms with Gasteiger partial charge in [-0.2, -0.15) is 13.2 Å². The lowest BCUT2D eigenvalue weighted by Gasteiger charge is -2.06. The van der Waals surface area contributed by atoms with Crippen LogP contribution < -0.4 is 5.32 Å². The Balaban J connectivity index is 1.80. The molecule has 0 saturated heterocycles. The fourth-order valence-electron chi connectivity index (χ4n) is 2.35. The van der Waals surface area contributed by atoms with Crippen LogP contribution in [0.3, 0.4) is 0 Å². The molecule has 0 amide bonds. The van der Waals surface area contributed by atoms with Crippen molar-refractivity contribution in [3.8, 4) is 0 Å². The quantitative estimate of drug-likeness (QED) is 0.833. The summed E-state index contributed by atoms with van der Waals surface area (Å²) in [6, 6.07) is 5.30. The molecule has 0 unspecified atom stereocenters. The lowest BCUT2D eigenvalue weighted by atomic mass is 10.1. The molecule has 22 heavy (non-hydrogen) atoms. The number of halogens is 3. The molecule has 1 aliphatic heterocycles. The Hall–Kier alpha value is -1.82. The minimum absolute atomic E-state index is 0.521. The number of benzene rings is 1. The second-order valence-electron chi connectivity index (χ2n) is 5.17. The van der Waals surface area contributed by atoms with Gasteiger partial charge >= 0.3 is 6.18 Å². The molecule has 0 radical (unpaired) electrons. The fraction of sp³-hybridized carbons (Fsp3) is 0.312. The zero-order chi connectivity index (χ0) is 15.6. The van der Waals surface area contributed by atoms with E-state index < -0.39 is 11.7 Å². The summed E-state index contributed by atoms with van der Waals surface area (Å²) in [6.45, 7) is 0.950. The van der Waals surface area contributed by atoms with Crippen LogP contribution in [0.5, 0.6) is 0 Å². The van der Waals surface area contributed by atoms with Crippen molar-refractivity contribution in [1.29, 1.82) is 0 Å². The number of fused-ring (bicyclic) bond motifs is 1. The van der Waals surface area contributed by atoms with Gasteiger partial charge in [0.05, 0.1) is 11.3 Å². The summed E-state index contributed by atoms with van der Waals surface area (Å²) in [5, 5.41) is 5.25. The molecular formula is C16H15F3N2S. The molecule has 0 aliphatic carbocycles. The number of anilines is 1. The number of aryl methyl sites for hydroxylation is 1. The van der Waals surface area contributed by atoms with Gasteiger partial charge in [-0.1, -0.05) is 29.5 Å². The largest absolute Gasteiger partial charge is 0.416 e. The highest BCUT2D eigenvalue weighted by Crippen LogP contribution is 2.31. The van der Waals surface area contributed by atoms with Gasteiger partial charge in [0.15, 0.2) is 0 Å². The van der Waals surface area contributed by atoms with Gasteiger partial charge < -0.3 is 5.32 Å². The van der Waals surface area contributed by atoms with Gasteiger partial charge in [-0.15, -0.1) is 0 Å². The molecule has 0 atom stereocenters. The van der Waals surface area contributed by atoms with Crippen LogP contribution in [0, 0.1) is 0 Å². The highest BCUT2D eigenvalue weighted by atomic mass is 32.1. The molecule has 116 valence electrons. The summed E-state index contributed by atoms with van der Waals surface area (Å²) in [5.41, 5.74) is 0.950.